The van der Waals surface area contributed by atoms with Gasteiger partial charge in [0.25, 0.3) is 0 Å². The topological polar surface area (TPSA) is 0 Å². The molecular formula is C10H11Cl. The van der Waals surface area contributed by atoms with Crippen molar-refractivity contribution >= 4 is 11.6 Å². The summed E-state index contributed by atoms with van der Waals surface area (Å²) in [6.07, 6.45) is 3.93. The van der Waals surface area contributed by atoms with E-state index in [0.29, 0.717) is 0 Å². The molecule has 0 aliphatic carbocycles. The number of allylic oxidation sites excluding steroid dienone is 2. The third-order valence-electron chi connectivity index (χ3n) is 1.48. The first-order valence-electron chi connectivity index (χ1n) is 3.66. The van der Waals surface area contributed by atoms with Gasteiger partial charge in [0, 0.05) is 0 Å². The van der Waals surface area contributed by atoms with E-state index in [4.69, 9.17) is 11.6 Å². The van der Waals surface area contributed by atoms with Gasteiger partial charge < -0.3 is 0 Å². The van der Waals surface area contributed by atoms with Gasteiger partial charge in [0.15, 0.2) is 0 Å². The molecule has 1 aromatic rings. The van der Waals surface area contributed by atoms with Crippen LogP contribution in [0.2, 0.25) is 0 Å². The molecular weight excluding hydrogens is 156 g/mol. The Bertz CT molecular complexity index is 226. The smallest absolute Gasteiger partial charge is 0.0766 e. The van der Waals surface area contributed by atoms with Gasteiger partial charge in [-0.15, -0.1) is 11.6 Å². The van der Waals surface area contributed by atoms with Gasteiger partial charge in [0.05, 0.1) is 5.38 Å². The van der Waals surface area contributed by atoms with Crippen LogP contribution in [0.3, 0.4) is 0 Å². The predicted molar refractivity (Wildman–Crippen MR) is 49.9 cm³/mol. The van der Waals surface area contributed by atoms with Gasteiger partial charge in [-0.25, -0.2) is 0 Å². The first-order valence-corrected chi connectivity index (χ1v) is 4.10. The van der Waals surface area contributed by atoms with Crippen molar-refractivity contribution in [2.24, 2.45) is 0 Å². The number of alkyl halides is 1. The number of hydrogen-bond donors (Lipinski definition) is 0. The maximum atomic E-state index is 6.02. The van der Waals surface area contributed by atoms with E-state index >= 15 is 0 Å². The van der Waals surface area contributed by atoms with Crippen molar-refractivity contribution in [1.29, 1.82) is 0 Å². The van der Waals surface area contributed by atoms with Gasteiger partial charge >= 0.3 is 0 Å². The van der Waals surface area contributed by atoms with Crippen molar-refractivity contribution in [2.75, 3.05) is 0 Å². The standard InChI is InChI=1S/C10H11Cl/c1-2-6-10(11)9-7-4-3-5-8-9/h2-8,10H,1H3. The highest BCUT2D eigenvalue weighted by atomic mass is 35.5. The first-order chi connectivity index (χ1) is 5.34. The fourth-order valence-electron chi connectivity index (χ4n) is 0.917. The molecule has 0 aliphatic rings. The second kappa shape index (κ2) is 4.20. The molecule has 1 heteroatoms. The molecule has 0 saturated heterocycles. The molecule has 0 aromatic heterocycles. The summed E-state index contributed by atoms with van der Waals surface area (Å²) in [6.45, 7) is 1.97. The molecule has 1 rings (SSSR count). The van der Waals surface area contributed by atoms with Crippen LogP contribution in [0.5, 0.6) is 0 Å². The molecule has 0 spiro atoms. The van der Waals surface area contributed by atoms with Crippen LogP contribution in [0.4, 0.5) is 0 Å². The highest BCUT2D eigenvalue weighted by Gasteiger charge is 1.99. The lowest BCUT2D eigenvalue weighted by atomic mass is 10.1. The van der Waals surface area contributed by atoms with E-state index in [1.807, 2.05) is 49.4 Å². The van der Waals surface area contributed by atoms with Gasteiger partial charge in [0.2, 0.25) is 0 Å². The fourth-order valence-corrected chi connectivity index (χ4v) is 1.21. The highest BCUT2D eigenvalue weighted by molar-refractivity contribution is 6.21. The Balaban J connectivity index is 2.76. The van der Waals surface area contributed by atoms with Crippen LogP contribution in [-0.4, -0.2) is 0 Å². The SMILES string of the molecule is CC=CC(Cl)c1ccccc1. The predicted octanol–water partition coefficient (Wildman–Crippen LogP) is 3.54. The lowest BCUT2D eigenvalue weighted by Crippen LogP contribution is -1.83. The monoisotopic (exact) mass is 166 g/mol. The van der Waals surface area contributed by atoms with Crippen LogP contribution in [0.25, 0.3) is 0 Å². The molecule has 11 heavy (non-hydrogen) atoms. The van der Waals surface area contributed by atoms with E-state index in [1.54, 1.807) is 0 Å². The average molecular weight is 167 g/mol. The molecule has 0 heterocycles. The molecule has 1 atom stereocenters. The van der Waals surface area contributed by atoms with Crippen LogP contribution < -0.4 is 0 Å². The highest BCUT2D eigenvalue weighted by Crippen LogP contribution is 2.20. The molecule has 58 valence electrons. The Morgan fingerprint density at radius 2 is 1.91 bits per heavy atom. The van der Waals surface area contributed by atoms with Gasteiger partial charge in [0.1, 0.15) is 0 Å². The van der Waals surface area contributed by atoms with Crippen LogP contribution in [0, 0.1) is 0 Å². The zero-order valence-corrected chi connectivity index (χ0v) is 7.25. The Morgan fingerprint density at radius 3 is 2.45 bits per heavy atom. The zero-order chi connectivity index (χ0) is 8.10. The lowest BCUT2D eigenvalue weighted by Gasteiger charge is -2.02. The molecule has 0 radical (unpaired) electrons. The van der Waals surface area contributed by atoms with Crippen LogP contribution in [-0.2, 0) is 0 Å². The summed E-state index contributed by atoms with van der Waals surface area (Å²) < 4.78 is 0. The van der Waals surface area contributed by atoms with Crippen LogP contribution in [0.1, 0.15) is 17.9 Å². The maximum absolute atomic E-state index is 6.02. The minimum absolute atomic E-state index is 0.0150. The third-order valence-corrected chi connectivity index (χ3v) is 1.88. The summed E-state index contributed by atoms with van der Waals surface area (Å²) in [7, 11) is 0. The minimum Gasteiger partial charge on any atom is -0.113 e. The third kappa shape index (κ3) is 2.39. The summed E-state index contributed by atoms with van der Waals surface area (Å²) in [4.78, 5) is 0. The number of halogens is 1. The van der Waals surface area contributed by atoms with Gasteiger partial charge in [-0.3, -0.25) is 0 Å². The molecule has 1 aromatic carbocycles. The Morgan fingerprint density at radius 1 is 1.27 bits per heavy atom. The molecule has 0 aliphatic heterocycles. The Labute approximate surface area is 72.5 Å². The molecule has 0 nitrogen and oxygen atoms in total. The number of benzene rings is 1. The van der Waals surface area contributed by atoms with Crippen molar-refractivity contribution in [2.45, 2.75) is 12.3 Å². The second-order valence-corrected chi connectivity index (χ2v) is 2.81. The number of hydrogen-bond acceptors (Lipinski definition) is 0. The van der Waals surface area contributed by atoms with E-state index in [-0.39, 0.29) is 5.38 Å². The molecule has 0 fully saturated rings. The summed E-state index contributed by atoms with van der Waals surface area (Å²) >= 11 is 6.02. The molecule has 0 amide bonds. The van der Waals surface area contributed by atoms with Gasteiger partial charge in [-0.1, -0.05) is 42.5 Å². The van der Waals surface area contributed by atoms with Crippen molar-refractivity contribution in [3.8, 4) is 0 Å². The van der Waals surface area contributed by atoms with Gasteiger partial charge in [-0.05, 0) is 12.5 Å². The van der Waals surface area contributed by atoms with Crippen molar-refractivity contribution < 1.29 is 0 Å². The van der Waals surface area contributed by atoms with E-state index in [1.165, 1.54) is 0 Å². The largest absolute Gasteiger partial charge is 0.113 e. The van der Waals surface area contributed by atoms with Gasteiger partial charge in [-0.2, -0.15) is 0 Å². The lowest BCUT2D eigenvalue weighted by molar-refractivity contribution is 1.21. The number of rotatable bonds is 2. The molecule has 0 saturated carbocycles. The minimum atomic E-state index is 0.0150. The Hall–Kier alpha value is -0.750. The fraction of sp³-hybridized carbons (Fsp3) is 0.200. The molecule has 0 N–H and O–H groups in total. The quantitative estimate of drug-likeness (QED) is 0.466. The zero-order valence-electron chi connectivity index (χ0n) is 6.50. The van der Waals surface area contributed by atoms with Crippen molar-refractivity contribution in [1.82, 2.24) is 0 Å². The molecule has 1 unspecified atom stereocenters. The normalized spacial score (nSPS) is 13.6. The summed E-state index contributed by atoms with van der Waals surface area (Å²) in [5.74, 6) is 0. The van der Waals surface area contributed by atoms with E-state index < -0.39 is 0 Å². The van der Waals surface area contributed by atoms with Crippen molar-refractivity contribution in [3.05, 3.63) is 48.0 Å². The average Bonchev–Trinajstić information content (AvgIpc) is 2.07. The second-order valence-electron chi connectivity index (χ2n) is 2.34. The van der Waals surface area contributed by atoms with E-state index in [0.717, 1.165) is 5.56 Å². The van der Waals surface area contributed by atoms with E-state index in [9.17, 15) is 0 Å². The summed E-state index contributed by atoms with van der Waals surface area (Å²) in [5.41, 5.74) is 1.15. The van der Waals surface area contributed by atoms with Crippen LogP contribution in [0.15, 0.2) is 42.5 Å². The first kappa shape index (κ1) is 8.35. The van der Waals surface area contributed by atoms with Crippen LogP contribution >= 0.6 is 11.6 Å². The summed E-state index contributed by atoms with van der Waals surface area (Å²) in [5, 5.41) is 0.0150. The van der Waals surface area contributed by atoms with E-state index in [2.05, 4.69) is 0 Å². The Kier molecular flexibility index (Phi) is 3.18. The maximum Gasteiger partial charge on any atom is 0.0766 e. The molecule has 0 bridgehead atoms. The summed E-state index contributed by atoms with van der Waals surface area (Å²) in [6, 6.07) is 10.0. The van der Waals surface area contributed by atoms with Crippen molar-refractivity contribution in [3.63, 3.8) is 0 Å².